The summed E-state index contributed by atoms with van der Waals surface area (Å²) in [5.41, 5.74) is 2.19. The summed E-state index contributed by atoms with van der Waals surface area (Å²) in [5, 5.41) is 9.62. The van der Waals surface area contributed by atoms with Crippen LogP contribution in [0, 0.1) is 0 Å². The van der Waals surface area contributed by atoms with Gasteiger partial charge in [0, 0.05) is 0 Å². The van der Waals surface area contributed by atoms with Crippen LogP contribution in [0.4, 0.5) is 0 Å². The lowest BCUT2D eigenvalue weighted by molar-refractivity contribution is 0.255. The standard InChI is InChI=1S/C20H22O5/c21-16-3-1-2-14(8-16)4-5-15-9-17(22-10-18-11-23-18)6-7-20(15)25-13-19-12-24-19/h1-3,6-9,18-19,21H,4-5,10-13H2. The van der Waals surface area contributed by atoms with E-state index >= 15 is 0 Å². The van der Waals surface area contributed by atoms with Gasteiger partial charge < -0.3 is 24.1 Å². The first-order chi connectivity index (χ1) is 12.3. The molecular formula is C20H22O5. The maximum absolute atomic E-state index is 9.62. The smallest absolute Gasteiger partial charge is 0.122 e. The number of ether oxygens (including phenoxy) is 4. The van der Waals surface area contributed by atoms with Crippen molar-refractivity contribution in [1.82, 2.24) is 0 Å². The van der Waals surface area contributed by atoms with E-state index in [1.165, 1.54) is 0 Å². The third-order valence-corrected chi connectivity index (χ3v) is 4.29. The molecule has 2 aromatic rings. The molecule has 4 rings (SSSR count). The Kier molecular flexibility index (Phi) is 4.76. The van der Waals surface area contributed by atoms with E-state index in [0.717, 1.165) is 48.7 Å². The van der Waals surface area contributed by atoms with Gasteiger partial charge in [0.25, 0.3) is 0 Å². The van der Waals surface area contributed by atoms with Gasteiger partial charge in [-0.05, 0) is 54.3 Å². The number of aromatic hydroxyl groups is 1. The Hall–Kier alpha value is -2.24. The molecule has 0 radical (unpaired) electrons. The Balaban J connectivity index is 1.44. The first-order valence-corrected chi connectivity index (χ1v) is 8.66. The summed E-state index contributed by atoms with van der Waals surface area (Å²) >= 11 is 0. The number of hydrogen-bond donors (Lipinski definition) is 1. The molecule has 2 atom stereocenters. The molecule has 0 spiro atoms. The zero-order chi connectivity index (χ0) is 17.1. The quantitative estimate of drug-likeness (QED) is 0.710. The molecule has 5 nitrogen and oxygen atoms in total. The predicted octanol–water partition coefficient (Wildman–Crippen LogP) is 2.73. The van der Waals surface area contributed by atoms with Crippen LogP contribution in [-0.2, 0) is 22.3 Å². The van der Waals surface area contributed by atoms with Gasteiger partial charge in [0.15, 0.2) is 0 Å². The minimum absolute atomic E-state index is 0.224. The average Bonchev–Trinajstić information content (AvgIpc) is 3.52. The summed E-state index contributed by atoms with van der Waals surface area (Å²) in [6, 6.07) is 13.3. The number of phenolic OH excluding ortho intramolecular Hbond substituents is 1. The van der Waals surface area contributed by atoms with Crippen molar-refractivity contribution in [2.45, 2.75) is 25.0 Å². The van der Waals surface area contributed by atoms with Gasteiger partial charge >= 0.3 is 0 Å². The van der Waals surface area contributed by atoms with Crippen molar-refractivity contribution < 1.29 is 24.1 Å². The molecule has 0 amide bonds. The maximum Gasteiger partial charge on any atom is 0.122 e. The highest BCUT2D eigenvalue weighted by Gasteiger charge is 2.24. The SMILES string of the molecule is Oc1cccc(CCc2cc(OCC3CO3)ccc2OCC2CO2)c1. The summed E-state index contributed by atoms with van der Waals surface area (Å²) < 4.78 is 22.1. The molecule has 2 fully saturated rings. The van der Waals surface area contributed by atoms with Gasteiger partial charge in [-0.1, -0.05) is 12.1 Å². The van der Waals surface area contributed by atoms with E-state index in [2.05, 4.69) is 0 Å². The van der Waals surface area contributed by atoms with Gasteiger partial charge in [-0.3, -0.25) is 0 Å². The van der Waals surface area contributed by atoms with E-state index in [9.17, 15) is 5.11 Å². The molecule has 25 heavy (non-hydrogen) atoms. The molecule has 132 valence electrons. The average molecular weight is 342 g/mol. The molecule has 0 aliphatic carbocycles. The second-order valence-corrected chi connectivity index (χ2v) is 6.47. The van der Waals surface area contributed by atoms with Gasteiger partial charge in [0.2, 0.25) is 0 Å². The van der Waals surface area contributed by atoms with Crippen molar-refractivity contribution in [3.63, 3.8) is 0 Å². The second kappa shape index (κ2) is 7.33. The predicted molar refractivity (Wildman–Crippen MR) is 92.4 cm³/mol. The third-order valence-electron chi connectivity index (χ3n) is 4.29. The first-order valence-electron chi connectivity index (χ1n) is 8.66. The highest BCUT2D eigenvalue weighted by Crippen LogP contribution is 2.28. The summed E-state index contributed by atoms with van der Waals surface area (Å²) in [6.45, 7) is 2.73. The number of phenols is 1. The Morgan fingerprint density at radius 1 is 0.920 bits per heavy atom. The molecule has 2 aliphatic rings. The minimum Gasteiger partial charge on any atom is -0.508 e. The number of aryl methyl sites for hydroxylation is 2. The lowest BCUT2D eigenvalue weighted by Gasteiger charge is -2.13. The van der Waals surface area contributed by atoms with Gasteiger partial charge in [-0.2, -0.15) is 0 Å². The molecule has 1 N–H and O–H groups in total. The van der Waals surface area contributed by atoms with Crippen LogP contribution in [-0.4, -0.2) is 43.7 Å². The van der Waals surface area contributed by atoms with Gasteiger partial charge in [0.05, 0.1) is 13.2 Å². The van der Waals surface area contributed by atoms with Crippen molar-refractivity contribution in [3.05, 3.63) is 53.6 Å². The van der Waals surface area contributed by atoms with E-state index in [-0.39, 0.29) is 12.2 Å². The van der Waals surface area contributed by atoms with Gasteiger partial charge in [-0.15, -0.1) is 0 Å². The fourth-order valence-corrected chi connectivity index (χ4v) is 2.67. The van der Waals surface area contributed by atoms with Crippen LogP contribution < -0.4 is 9.47 Å². The number of epoxide rings is 2. The Morgan fingerprint density at radius 3 is 2.40 bits per heavy atom. The first kappa shape index (κ1) is 16.2. The maximum atomic E-state index is 9.62. The van der Waals surface area contributed by atoms with Crippen LogP contribution in [0.2, 0.25) is 0 Å². The monoisotopic (exact) mass is 342 g/mol. The van der Waals surface area contributed by atoms with E-state index in [0.29, 0.717) is 19.0 Å². The highest BCUT2D eigenvalue weighted by molar-refractivity contribution is 5.41. The van der Waals surface area contributed by atoms with E-state index in [1.54, 1.807) is 12.1 Å². The third kappa shape index (κ3) is 4.87. The van der Waals surface area contributed by atoms with Crippen LogP contribution in [0.25, 0.3) is 0 Å². The van der Waals surface area contributed by atoms with Gasteiger partial charge in [-0.25, -0.2) is 0 Å². The van der Waals surface area contributed by atoms with Crippen molar-refractivity contribution in [3.8, 4) is 17.2 Å². The van der Waals surface area contributed by atoms with Crippen molar-refractivity contribution >= 4 is 0 Å². The van der Waals surface area contributed by atoms with Crippen molar-refractivity contribution in [2.24, 2.45) is 0 Å². The molecule has 2 saturated heterocycles. The Morgan fingerprint density at radius 2 is 1.68 bits per heavy atom. The van der Waals surface area contributed by atoms with Crippen molar-refractivity contribution in [1.29, 1.82) is 0 Å². The molecule has 2 aliphatic heterocycles. The van der Waals surface area contributed by atoms with E-state index in [4.69, 9.17) is 18.9 Å². The molecule has 2 unspecified atom stereocenters. The van der Waals surface area contributed by atoms with Crippen LogP contribution >= 0.6 is 0 Å². The van der Waals surface area contributed by atoms with Crippen LogP contribution in [0.15, 0.2) is 42.5 Å². The minimum atomic E-state index is 0.224. The molecular weight excluding hydrogens is 320 g/mol. The topological polar surface area (TPSA) is 63.8 Å². The molecule has 2 heterocycles. The molecule has 0 bridgehead atoms. The van der Waals surface area contributed by atoms with E-state index < -0.39 is 0 Å². The van der Waals surface area contributed by atoms with Crippen molar-refractivity contribution in [2.75, 3.05) is 26.4 Å². The second-order valence-electron chi connectivity index (χ2n) is 6.47. The van der Waals surface area contributed by atoms with E-state index in [1.807, 2.05) is 30.3 Å². The Labute approximate surface area is 147 Å². The lowest BCUT2D eigenvalue weighted by atomic mass is 10.0. The summed E-state index contributed by atoms with van der Waals surface area (Å²) in [5.74, 6) is 1.99. The molecule has 5 heteroatoms. The number of rotatable bonds is 9. The van der Waals surface area contributed by atoms with Gasteiger partial charge in [0.1, 0.15) is 42.7 Å². The summed E-state index contributed by atoms with van der Waals surface area (Å²) in [6.07, 6.45) is 2.09. The normalized spacial score (nSPS) is 21.0. The zero-order valence-corrected chi connectivity index (χ0v) is 14.0. The summed E-state index contributed by atoms with van der Waals surface area (Å²) in [4.78, 5) is 0. The fraction of sp³-hybridized carbons (Fsp3) is 0.400. The summed E-state index contributed by atoms with van der Waals surface area (Å²) in [7, 11) is 0. The highest BCUT2D eigenvalue weighted by atomic mass is 16.6. The molecule has 0 aromatic heterocycles. The molecule has 0 saturated carbocycles. The number of hydrogen-bond acceptors (Lipinski definition) is 5. The lowest BCUT2D eigenvalue weighted by Crippen LogP contribution is -2.08. The largest absolute Gasteiger partial charge is 0.508 e. The van der Waals surface area contributed by atoms with Crippen LogP contribution in [0.5, 0.6) is 17.2 Å². The fourth-order valence-electron chi connectivity index (χ4n) is 2.67. The number of benzene rings is 2. The zero-order valence-electron chi connectivity index (χ0n) is 14.0. The van der Waals surface area contributed by atoms with Crippen LogP contribution in [0.1, 0.15) is 11.1 Å². The van der Waals surface area contributed by atoms with Crippen LogP contribution in [0.3, 0.4) is 0 Å². The Bertz CT molecular complexity index is 722. The molecule has 2 aromatic carbocycles.